The molecular weight excluding hydrogens is 329 g/mol. The van der Waals surface area contributed by atoms with Gasteiger partial charge in [0.25, 0.3) is 5.78 Å². The smallest absolute Gasteiger partial charge is 0.309 e. The van der Waals surface area contributed by atoms with Gasteiger partial charge in [0.2, 0.25) is 0 Å². The molecule has 1 unspecified atom stereocenters. The number of carbonyl (C=O) groups excluding carboxylic acids is 2. The summed E-state index contributed by atoms with van der Waals surface area (Å²) in [5.41, 5.74) is 4.43. The van der Waals surface area contributed by atoms with Crippen molar-refractivity contribution in [3.8, 4) is 6.07 Å². The van der Waals surface area contributed by atoms with Crippen molar-refractivity contribution in [2.24, 2.45) is 10.9 Å². The highest BCUT2D eigenvalue weighted by Crippen LogP contribution is 2.26. The molecule has 0 amide bonds. The predicted molar refractivity (Wildman–Crippen MR) is 79.9 cm³/mol. The van der Waals surface area contributed by atoms with Crippen LogP contribution in [0.5, 0.6) is 0 Å². The molecule has 1 rings (SSSR count). The van der Waals surface area contributed by atoms with Crippen LogP contribution in [0.25, 0.3) is 0 Å². The van der Waals surface area contributed by atoms with E-state index < -0.39 is 23.6 Å². The minimum absolute atomic E-state index is 0.0947. The zero-order valence-electron chi connectivity index (χ0n) is 12.5. The molecule has 0 saturated heterocycles. The molecule has 0 fully saturated rings. The van der Waals surface area contributed by atoms with Crippen LogP contribution < -0.4 is 5.73 Å². The number of allylic oxidation sites excluding steroid dienone is 4. The Hall–Kier alpha value is -2.40. The Morgan fingerprint density at radius 2 is 2.22 bits per heavy atom. The Kier molecular flexibility index (Phi) is 6.72. The summed E-state index contributed by atoms with van der Waals surface area (Å²) in [5, 5.41) is 11.7. The minimum Gasteiger partial charge on any atom is -0.463 e. The summed E-state index contributed by atoms with van der Waals surface area (Å²) in [6.45, 7) is 3.22. The molecule has 0 heterocycles. The van der Waals surface area contributed by atoms with Gasteiger partial charge >= 0.3 is 5.97 Å². The van der Waals surface area contributed by atoms with E-state index in [-0.39, 0.29) is 35.4 Å². The predicted octanol–water partition coefficient (Wildman–Crippen LogP) is 1.48. The van der Waals surface area contributed by atoms with Crippen molar-refractivity contribution < 1.29 is 23.6 Å². The highest BCUT2D eigenvalue weighted by Gasteiger charge is 2.31. The minimum atomic E-state index is -1.87. The molecule has 0 radical (unpaired) electrons. The summed E-state index contributed by atoms with van der Waals surface area (Å²) in [6.07, 6.45) is -1.25. The second-order valence-electron chi connectivity index (χ2n) is 4.77. The van der Waals surface area contributed by atoms with Crippen LogP contribution in [0.4, 0.5) is 4.39 Å². The molecular formula is C14H15ClFN3O4. The van der Waals surface area contributed by atoms with E-state index >= 15 is 0 Å². The SMILES string of the molecule is CC(C)OC(=O)CCON=C1C(Cl)=C(C(=O)C#N)C=C(N)C1F. The number of nitrogens with zero attached hydrogens (tertiary/aromatic N) is 2. The fourth-order valence-corrected chi connectivity index (χ4v) is 1.86. The highest BCUT2D eigenvalue weighted by atomic mass is 35.5. The Labute approximate surface area is 137 Å². The van der Waals surface area contributed by atoms with E-state index in [1.165, 1.54) is 6.07 Å². The molecule has 1 aliphatic carbocycles. The van der Waals surface area contributed by atoms with Crippen molar-refractivity contribution in [3.05, 3.63) is 22.4 Å². The number of Topliss-reactive ketones (excluding diaryl/α,β-unsaturated/α-hetero) is 1. The number of oxime groups is 1. The molecule has 1 atom stereocenters. The maximum Gasteiger partial charge on any atom is 0.309 e. The first-order valence-electron chi connectivity index (χ1n) is 6.63. The van der Waals surface area contributed by atoms with Gasteiger partial charge in [0.05, 0.1) is 28.8 Å². The number of carbonyl (C=O) groups is 2. The molecule has 9 heteroatoms. The molecule has 7 nitrogen and oxygen atoms in total. The molecule has 0 bridgehead atoms. The first-order valence-corrected chi connectivity index (χ1v) is 7.00. The van der Waals surface area contributed by atoms with Crippen molar-refractivity contribution >= 4 is 29.1 Å². The van der Waals surface area contributed by atoms with Gasteiger partial charge in [-0.1, -0.05) is 16.8 Å². The molecule has 1 aliphatic rings. The zero-order valence-corrected chi connectivity index (χ0v) is 13.3. The summed E-state index contributed by atoms with van der Waals surface area (Å²) in [6, 6.07) is 1.36. The third kappa shape index (κ3) is 5.07. The average molecular weight is 344 g/mol. The van der Waals surface area contributed by atoms with E-state index in [0.29, 0.717) is 0 Å². The number of alkyl halides is 1. The van der Waals surface area contributed by atoms with E-state index in [1.54, 1.807) is 13.8 Å². The maximum absolute atomic E-state index is 14.0. The summed E-state index contributed by atoms with van der Waals surface area (Å²) in [5.74, 6) is -1.47. The van der Waals surface area contributed by atoms with Gasteiger partial charge in [-0.3, -0.25) is 9.59 Å². The summed E-state index contributed by atoms with van der Waals surface area (Å²) < 4.78 is 18.9. The van der Waals surface area contributed by atoms with E-state index in [2.05, 4.69) is 5.16 Å². The van der Waals surface area contributed by atoms with Gasteiger partial charge < -0.3 is 15.3 Å². The number of hydrogen-bond acceptors (Lipinski definition) is 7. The van der Waals surface area contributed by atoms with E-state index in [9.17, 15) is 14.0 Å². The van der Waals surface area contributed by atoms with Crippen LogP contribution in [0.3, 0.4) is 0 Å². The van der Waals surface area contributed by atoms with Gasteiger partial charge in [0.15, 0.2) is 6.17 Å². The van der Waals surface area contributed by atoms with Gasteiger partial charge in [-0.25, -0.2) is 4.39 Å². The summed E-state index contributed by atoms with van der Waals surface area (Å²) in [4.78, 5) is 27.5. The lowest BCUT2D eigenvalue weighted by atomic mass is 9.98. The number of nitriles is 1. The average Bonchev–Trinajstić information content (AvgIpc) is 2.48. The lowest BCUT2D eigenvalue weighted by Gasteiger charge is -2.17. The lowest BCUT2D eigenvalue weighted by molar-refractivity contribution is -0.148. The largest absolute Gasteiger partial charge is 0.463 e. The number of esters is 1. The first kappa shape index (κ1) is 18.6. The van der Waals surface area contributed by atoms with Crippen LogP contribution in [0.1, 0.15) is 20.3 Å². The lowest BCUT2D eigenvalue weighted by Crippen LogP contribution is -2.29. The molecule has 0 saturated carbocycles. The van der Waals surface area contributed by atoms with Crippen LogP contribution in [-0.2, 0) is 19.2 Å². The Morgan fingerprint density at radius 3 is 2.78 bits per heavy atom. The first-order chi connectivity index (χ1) is 10.8. The second-order valence-corrected chi connectivity index (χ2v) is 5.15. The van der Waals surface area contributed by atoms with E-state index in [4.69, 9.17) is 32.2 Å². The highest BCUT2D eigenvalue weighted by molar-refractivity contribution is 6.47. The molecule has 0 aliphatic heterocycles. The van der Waals surface area contributed by atoms with Crippen molar-refractivity contribution in [3.63, 3.8) is 0 Å². The number of ether oxygens (including phenoxy) is 1. The van der Waals surface area contributed by atoms with Crippen molar-refractivity contribution in [1.82, 2.24) is 0 Å². The van der Waals surface area contributed by atoms with Crippen LogP contribution in [-0.4, -0.2) is 36.3 Å². The number of ketones is 1. The molecule has 0 aromatic rings. The summed E-state index contributed by atoms with van der Waals surface area (Å²) >= 11 is 5.86. The van der Waals surface area contributed by atoms with Crippen LogP contribution in [0.15, 0.2) is 27.5 Å². The van der Waals surface area contributed by atoms with Gasteiger partial charge in [0.1, 0.15) is 18.4 Å². The third-order valence-electron chi connectivity index (χ3n) is 2.58. The van der Waals surface area contributed by atoms with Gasteiger partial charge in [-0.15, -0.1) is 0 Å². The van der Waals surface area contributed by atoms with Crippen molar-refractivity contribution in [2.45, 2.75) is 32.5 Å². The van der Waals surface area contributed by atoms with Gasteiger partial charge in [-0.2, -0.15) is 5.26 Å². The van der Waals surface area contributed by atoms with Crippen molar-refractivity contribution in [2.75, 3.05) is 6.61 Å². The monoisotopic (exact) mass is 343 g/mol. The van der Waals surface area contributed by atoms with Crippen molar-refractivity contribution in [1.29, 1.82) is 5.26 Å². The molecule has 0 aromatic heterocycles. The number of rotatable bonds is 6. The van der Waals surface area contributed by atoms with Crippen LogP contribution >= 0.6 is 11.6 Å². The Balaban J connectivity index is 2.79. The van der Waals surface area contributed by atoms with Gasteiger partial charge in [0, 0.05) is 0 Å². The number of halogens is 2. The van der Waals surface area contributed by atoms with E-state index in [1.807, 2.05) is 0 Å². The topological polar surface area (TPSA) is 115 Å². The zero-order chi connectivity index (χ0) is 17.6. The molecule has 2 N–H and O–H groups in total. The standard InChI is InChI=1S/C14H15ClFN3O4/c1-7(2)23-11(21)3-4-22-19-14-12(15)8(10(20)6-17)5-9(18)13(14)16/h5,7,13H,3-4,18H2,1-2H3. The molecule has 23 heavy (non-hydrogen) atoms. The fourth-order valence-electron chi connectivity index (χ4n) is 1.59. The Bertz CT molecular complexity index is 634. The number of hydrogen-bond donors (Lipinski definition) is 1. The van der Waals surface area contributed by atoms with Crippen LogP contribution in [0, 0.1) is 11.3 Å². The molecule has 124 valence electrons. The maximum atomic E-state index is 14.0. The fraction of sp³-hybridized carbons (Fsp3) is 0.429. The third-order valence-corrected chi connectivity index (χ3v) is 2.98. The van der Waals surface area contributed by atoms with E-state index in [0.717, 1.165) is 6.08 Å². The second kappa shape index (κ2) is 8.29. The number of nitrogens with two attached hydrogens (primary N) is 1. The Morgan fingerprint density at radius 1 is 1.57 bits per heavy atom. The molecule has 0 spiro atoms. The van der Waals surface area contributed by atoms with Crippen LogP contribution in [0.2, 0.25) is 0 Å². The quantitative estimate of drug-likeness (QED) is 0.338. The summed E-state index contributed by atoms with van der Waals surface area (Å²) in [7, 11) is 0. The normalized spacial score (nSPS) is 19.4. The van der Waals surface area contributed by atoms with Gasteiger partial charge in [-0.05, 0) is 19.9 Å². The molecule has 0 aromatic carbocycles.